The molecule has 3 amide bonds. The van der Waals surface area contributed by atoms with Crippen LogP contribution < -0.4 is 16.0 Å². The van der Waals surface area contributed by atoms with Crippen LogP contribution in [0.4, 0.5) is 30.2 Å². The highest BCUT2D eigenvalue weighted by Gasteiger charge is 2.14. The topological polar surface area (TPSA) is 126 Å². The number of nitrogens with zero attached hydrogens (tertiary/aromatic N) is 3. The van der Waals surface area contributed by atoms with Crippen molar-refractivity contribution in [2.45, 2.75) is 15.5 Å². The number of amides is 3. The predicted molar refractivity (Wildman–Crippen MR) is 157 cm³/mol. The number of carbonyl (C=O) groups excluding carboxylic acids is 3. The number of benzene rings is 3. The Morgan fingerprint density at radius 2 is 0.714 bits per heavy atom. The largest absolute Gasteiger partial charge is 0.325 e. The number of rotatable bonds is 12. The SMILES string of the molecule is O=C(CSc1nc(SCC(=O)Nc2ccc(F)cc2)nc(SCC(=O)Nc2ccc(F)cc2)n1)Nc1ccc(F)cc1. The molecule has 15 heteroatoms. The van der Waals surface area contributed by atoms with Gasteiger partial charge in [0, 0.05) is 17.1 Å². The van der Waals surface area contributed by atoms with E-state index in [9.17, 15) is 27.6 Å². The predicted octanol–water partition coefficient (Wildman–Crippen LogP) is 5.48. The molecule has 1 aromatic heterocycles. The van der Waals surface area contributed by atoms with Gasteiger partial charge in [-0.1, -0.05) is 35.3 Å². The minimum Gasteiger partial charge on any atom is -0.325 e. The van der Waals surface area contributed by atoms with Gasteiger partial charge in [-0.15, -0.1) is 0 Å². The minimum absolute atomic E-state index is 0.0777. The van der Waals surface area contributed by atoms with E-state index in [-0.39, 0.29) is 50.4 Å². The van der Waals surface area contributed by atoms with Gasteiger partial charge < -0.3 is 16.0 Å². The highest BCUT2D eigenvalue weighted by molar-refractivity contribution is 8.01. The van der Waals surface area contributed by atoms with Crippen molar-refractivity contribution in [1.82, 2.24) is 15.0 Å². The zero-order valence-corrected chi connectivity index (χ0v) is 23.9. The summed E-state index contributed by atoms with van der Waals surface area (Å²) in [4.78, 5) is 50.1. The van der Waals surface area contributed by atoms with E-state index in [4.69, 9.17) is 0 Å². The normalized spacial score (nSPS) is 10.6. The molecule has 3 N–H and O–H groups in total. The van der Waals surface area contributed by atoms with E-state index >= 15 is 0 Å². The summed E-state index contributed by atoms with van der Waals surface area (Å²) in [5.41, 5.74) is 1.26. The molecule has 42 heavy (non-hydrogen) atoms. The smallest absolute Gasteiger partial charge is 0.234 e. The summed E-state index contributed by atoms with van der Waals surface area (Å²) in [6.07, 6.45) is 0. The quantitative estimate of drug-likeness (QED) is 0.175. The van der Waals surface area contributed by atoms with Crippen molar-refractivity contribution in [3.8, 4) is 0 Å². The van der Waals surface area contributed by atoms with Crippen LogP contribution in [-0.2, 0) is 14.4 Å². The van der Waals surface area contributed by atoms with E-state index in [0.717, 1.165) is 35.3 Å². The second kappa shape index (κ2) is 15.2. The van der Waals surface area contributed by atoms with Gasteiger partial charge in [0.15, 0.2) is 15.5 Å². The van der Waals surface area contributed by atoms with Crippen molar-refractivity contribution < 1.29 is 27.6 Å². The van der Waals surface area contributed by atoms with Gasteiger partial charge in [-0.25, -0.2) is 13.2 Å². The summed E-state index contributed by atoms with van der Waals surface area (Å²) in [6, 6.07) is 15.9. The van der Waals surface area contributed by atoms with Gasteiger partial charge >= 0.3 is 0 Å². The van der Waals surface area contributed by atoms with E-state index in [1.54, 1.807) is 0 Å². The number of nitrogens with one attached hydrogen (secondary N) is 3. The van der Waals surface area contributed by atoms with Crippen LogP contribution in [0.3, 0.4) is 0 Å². The highest BCUT2D eigenvalue weighted by atomic mass is 32.2. The molecule has 0 aliphatic carbocycles. The van der Waals surface area contributed by atoms with Crippen molar-refractivity contribution >= 4 is 70.1 Å². The number of halogens is 3. The van der Waals surface area contributed by atoms with Gasteiger partial charge in [-0.2, -0.15) is 15.0 Å². The summed E-state index contributed by atoms with van der Waals surface area (Å²) in [5, 5.41) is 8.47. The molecule has 0 bridgehead atoms. The fourth-order valence-electron chi connectivity index (χ4n) is 3.10. The molecule has 4 rings (SSSR count). The monoisotopic (exact) mass is 630 g/mol. The van der Waals surface area contributed by atoms with Gasteiger partial charge in [-0.3, -0.25) is 14.4 Å². The third-order valence-electron chi connectivity index (χ3n) is 4.95. The number of anilines is 3. The number of carbonyl (C=O) groups is 3. The van der Waals surface area contributed by atoms with E-state index in [1.165, 1.54) is 72.8 Å². The van der Waals surface area contributed by atoms with Crippen molar-refractivity contribution in [1.29, 1.82) is 0 Å². The molecule has 0 atom stereocenters. The summed E-state index contributed by atoms with van der Waals surface area (Å²) < 4.78 is 39.4. The Balaban J connectivity index is 1.39. The Morgan fingerprint density at radius 3 is 0.952 bits per heavy atom. The van der Waals surface area contributed by atoms with Crippen LogP contribution in [0, 0.1) is 17.5 Å². The number of hydrogen-bond acceptors (Lipinski definition) is 9. The van der Waals surface area contributed by atoms with E-state index in [2.05, 4.69) is 30.9 Å². The Morgan fingerprint density at radius 1 is 0.476 bits per heavy atom. The molecule has 0 unspecified atom stereocenters. The van der Waals surface area contributed by atoms with Crippen LogP contribution >= 0.6 is 35.3 Å². The zero-order chi connectivity index (χ0) is 29.9. The molecule has 0 aliphatic heterocycles. The Bertz CT molecular complexity index is 1350. The summed E-state index contributed by atoms with van der Waals surface area (Å²) >= 11 is 3.03. The lowest BCUT2D eigenvalue weighted by molar-refractivity contribution is -0.114. The molecule has 1 heterocycles. The van der Waals surface area contributed by atoms with E-state index < -0.39 is 17.5 Å². The van der Waals surface area contributed by atoms with Crippen molar-refractivity contribution in [3.63, 3.8) is 0 Å². The first-order valence-electron chi connectivity index (χ1n) is 12.0. The van der Waals surface area contributed by atoms with Crippen molar-refractivity contribution in [2.75, 3.05) is 33.2 Å². The molecule has 0 radical (unpaired) electrons. The van der Waals surface area contributed by atoms with Gasteiger partial charge in [0.25, 0.3) is 0 Å². The Labute approximate surface area is 250 Å². The maximum Gasteiger partial charge on any atom is 0.234 e. The van der Waals surface area contributed by atoms with Crippen molar-refractivity contribution in [2.24, 2.45) is 0 Å². The fourth-order valence-corrected chi connectivity index (χ4v) is 5.17. The van der Waals surface area contributed by atoms with Gasteiger partial charge in [0.1, 0.15) is 17.5 Å². The lowest BCUT2D eigenvalue weighted by Crippen LogP contribution is -2.16. The zero-order valence-electron chi connectivity index (χ0n) is 21.5. The van der Waals surface area contributed by atoms with Crippen LogP contribution in [0.5, 0.6) is 0 Å². The molecule has 0 saturated carbocycles. The molecular weight excluding hydrogens is 610 g/mol. The van der Waals surface area contributed by atoms with Crippen LogP contribution in [0.1, 0.15) is 0 Å². The Kier molecular flexibility index (Phi) is 11.2. The van der Waals surface area contributed by atoms with E-state index in [1.807, 2.05) is 0 Å². The van der Waals surface area contributed by atoms with Gasteiger partial charge in [-0.05, 0) is 72.8 Å². The summed E-state index contributed by atoms with van der Waals surface area (Å²) in [6.45, 7) is 0. The summed E-state index contributed by atoms with van der Waals surface area (Å²) in [7, 11) is 0. The molecule has 0 spiro atoms. The molecule has 0 saturated heterocycles. The molecule has 4 aromatic rings. The average Bonchev–Trinajstić information content (AvgIpc) is 2.97. The first kappa shape index (κ1) is 30.9. The van der Waals surface area contributed by atoms with Crippen LogP contribution in [0.25, 0.3) is 0 Å². The molecule has 0 fully saturated rings. The maximum atomic E-state index is 13.1. The third kappa shape index (κ3) is 10.4. The van der Waals surface area contributed by atoms with Gasteiger partial charge in [0.2, 0.25) is 17.7 Å². The third-order valence-corrected chi connectivity index (χ3v) is 7.50. The van der Waals surface area contributed by atoms with Gasteiger partial charge in [0.05, 0.1) is 17.3 Å². The van der Waals surface area contributed by atoms with Crippen molar-refractivity contribution in [3.05, 3.63) is 90.2 Å². The number of thioether (sulfide) groups is 3. The highest BCUT2D eigenvalue weighted by Crippen LogP contribution is 2.24. The lowest BCUT2D eigenvalue weighted by atomic mass is 10.3. The van der Waals surface area contributed by atoms with Crippen LogP contribution in [0.2, 0.25) is 0 Å². The molecule has 0 aliphatic rings. The molecular formula is C27H21F3N6O3S3. The lowest BCUT2D eigenvalue weighted by Gasteiger charge is -2.08. The molecule has 9 nitrogen and oxygen atoms in total. The minimum atomic E-state index is -0.430. The second-order valence-electron chi connectivity index (χ2n) is 8.21. The maximum absolute atomic E-state index is 13.1. The second-order valence-corrected chi connectivity index (χ2v) is 11.0. The van der Waals surface area contributed by atoms with Crippen LogP contribution in [-0.4, -0.2) is 49.9 Å². The number of aromatic nitrogens is 3. The Hall–Kier alpha value is -4.08. The fraction of sp³-hybridized carbons (Fsp3) is 0.111. The van der Waals surface area contributed by atoms with E-state index in [0.29, 0.717) is 17.1 Å². The average molecular weight is 631 g/mol. The first-order chi connectivity index (χ1) is 20.2. The molecule has 216 valence electrons. The molecule has 3 aromatic carbocycles. The van der Waals surface area contributed by atoms with Crippen LogP contribution in [0.15, 0.2) is 88.3 Å². The first-order valence-corrected chi connectivity index (χ1v) is 15.0. The number of hydrogen-bond donors (Lipinski definition) is 3. The summed E-state index contributed by atoms with van der Waals surface area (Å²) in [5.74, 6) is -2.67. The standard InChI is InChI=1S/C27H21F3N6O3S3/c28-16-1-7-19(8-2-16)31-22(37)13-40-25-34-26(41-14-23(38)32-20-9-3-17(29)4-10-20)36-27(35-25)42-15-24(39)33-21-11-5-18(30)6-12-21/h1-12H,13-15H2,(H,31,37)(H,32,38)(H,33,39).